The Morgan fingerprint density at radius 2 is 0.299 bits per heavy atom. The predicted octanol–water partition coefficient (Wildman–Crippen LogP) is 45.8. The lowest BCUT2D eigenvalue weighted by atomic mass is 9.89. The van der Waals surface area contributed by atoms with Crippen LogP contribution in [0.3, 0.4) is 0 Å². The van der Waals surface area contributed by atoms with Gasteiger partial charge in [0.05, 0.1) is 0 Å². The molecule has 0 fully saturated rings. The van der Waals surface area contributed by atoms with Gasteiger partial charge in [0.25, 0.3) is 0 Å². The molecule has 5 heteroatoms. The van der Waals surface area contributed by atoms with Gasteiger partial charge in [-0.1, -0.05) is 650 Å². The van der Waals surface area contributed by atoms with E-state index >= 15 is 0 Å². The van der Waals surface area contributed by atoms with E-state index < -0.39 is 0 Å². The zero-order valence-electron chi connectivity index (χ0n) is 91.7. The number of aryl methyl sites for hydroxylation is 4. The Balaban J connectivity index is 1.67. The molecule has 0 saturated carbocycles. The zero-order chi connectivity index (χ0) is 95.0. The average molecular weight is 1850 g/mol. The molecule has 5 nitrogen and oxygen atoms in total. The second-order valence-corrected chi connectivity index (χ2v) is 43.8. The van der Waals surface area contributed by atoms with Crippen LogP contribution in [0.25, 0.3) is 11.4 Å². The summed E-state index contributed by atoms with van der Waals surface area (Å²) in [5, 5.41) is 8.05. The van der Waals surface area contributed by atoms with Crippen LogP contribution in [0.2, 0.25) is 0 Å². The molecular weight excluding hydrogens is 1620 g/mol. The number of hydrogen-bond acceptors (Lipinski definition) is 5. The first-order valence-electron chi connectivity index (χ1n) is 62.2. The third-order valence-electron chi connectivity index (χ3n) is 30.8. The molecule has 0 radical (unpaired) electrons. The summed E-state index contributed by atoms with van der Waals surface area (Å²) in [6.45, 7) is 14.0. The van der Waals surface area contributed by atoms with Crippen LogP contribution < -0.4 is 10.6 Å². The van der Waals surface area contributed by atoms with Gasteiger partial charge in [0.15, 0.2) is 5.82 Å². The molecule has 3 aromatic carbocycles. The molecule has 0 aliphatic heterocycles. The Morgan fingerprint density at radius 1 is 0.157 bits per heavy atom. The van der Waals surface area contributed by atoms with Gasteiger partial charge < -0.3 is 10.6 Å². The summed E-state index contributed by atoms with van der Waals surface area (Å²) in [6, 6.07) is 21.2. The molecule has 0 amide bonds. The Hall–Kier alpha value is -3.73. The first-order chi connectivity index (χ1) is 66.5. The number of nitrogens with zero attached hydrogens (tertiary/aromatic N) is 3. The second kappa shape index (κ2) is 96.7. The number of nitrogens with one attached hydrogen (secondary N) is 2. The number of unbranched alkanes of at least 4 members (excludes halogenated alkanes) is 90. The maximum absolute atomic E-state index is 5.51. The summed E-state index contributed by atoms with van der Waals surface area (Å²) >= 11 is 0. The monoisotopic (exact) mass is 1850 g/mol. The standard InChI is InChI=1S/C129H233N5/c1-7-13-19-25-31-37-43-49-55-61-67-73-79-85-91-98-108-119-114-123(115-120(109-99-92-86-80-74-68-62-56-50-44-38-32-26-20-14-8-2)125(119)112-104-95-89-83-77-71-65-59-53-47-41-35-29-23-17-11-5)130-128-132-127(118-106-102-97-103-107-118)133-129(134-128)131-124-116-121(110-100-93-87-81-75-69-63-57-51-45-39-33-27-21-15-9-3)126(113-105-96-90-84-78-72-66-60-54-48-42-36-30-24-18-12-6)122(117-124)111-101-94-88-82-76-70-64-58-52-46-40-34-28-22-16-10-4/h97,102-103,106-107,114-117H,7-96,98-101,104-105,108-113H2,1-6H3,(H2,130,131,132,133,134). The van der Waals surface area contributed by atoms with Crippen molar-refractivity contribution in [3.8, 4) is 11.4 Å². The molecule has 4 rings (SSSR count). The minimum atomic E-state index is 0.649. The fourth-order valence-electron chi connectivity index (χ4n) is 21.9. The van der Waals surface area contributed by atoms with Crippen molar-refractivity contribution in [2.24, 2.45) is 0 Å². The molecule has 0 atom stereocenters. The Labute approximate surface area is 839 Å². The third kappa shape index (κ3) is 73.4. The van der Waals surface area contributed by atoms with Crippen LogP contribution in [0.4, 0.5) is 23.3 Å². The Morgan fingerprint density at radius 3 is 0.455 bits per heavy atom. The fraction of sp³-hybridized carbons (Fsp3) is 0.837. The number of benzene rings is 3. The van der Waals surface area contributed by atoms with Gasteiger partial charge in [-0.15, -0.1) is 0 Å². The lowest BCUT2D eigenvalue weighted by Crippen LogP contribution is -2.09. The summed E-state index contributed by atoms with van der Waals surface area (Å²) in [5.41, 5.74) is 13.1. The summed E-state index contributed by atoms with van der Waals surface area (Å²) < 4.78 is 0. The van der Waals surface area contributed by atoms with E-state index in [-0.39, 0.29) is 0 Å². The van der Waals surface area contributed by atoms with Crippen molar-refractivity contribution in [2.75, 3.05) is 10.6 Å². The molecule has 774 valence electrons. The molecule has 0 bridgehead atoms. The highest BCUT2D eigenvalue weighted by molar-refractivity contribution is 5.66. The number of rotatable bonds is 107. The molecule has 0 aliphatic rings. The highest BCUT2D eigenvalue weighted by Gasteiger charge is 2.19. The summed E-state index contributed by atoms with van der Waals surface area (Å²) in [4.78, 5) is 16.4. The van der Waals surface area contributed by atoms with Crippen molar-refractivity contribution in [3.05, 3.63) is 88.0 Å². The van der Waals surface area contributed by atoms with E-state index in [1.54, 1.807) is 33.4 Å². The molecule has 134 heavy (non-hydrogen) atoms. The fourth-order valence-corrected chi connectivity index (χ4v) is 21.9. The summed E-state index contributed by atoms with van der Waals surface area (Å²) in [6.07, 6.45) is 142. The lowest BCUT2D eigenvalue weighted by Gasteiger charge is -2.20. The number of anilines is 4. The maximum Gasteiger partial charge on any atom is 0.232 e. The van der Waals surface area contributed by atoms with Gasteiger partial charge in [-0.25, -0.2) is 0 Å². The molecule has 4 aromatic rings. The van der Waals surface area contributed by atoms with E-state index in [1.807, 2.05) is 0 Å². The van der Waals surface area contributed by atoms with Crippen LogP contribution in [0.1, 0.15) is 691 Å². The normalized spacial score (nSPS) is 11.7. The van der Waals surface area contributed by atoms with E-state index in [2.05, 4.69) is 107 Å². The maximum atomic E-state index is 5.51. The van der Waals surface area contributed by atoms with Gasteiger partial charge >= 0.3 is 0 Å². The highest BCUT2D eigenvalue weighted by atomic mass is 15.2. The first kappa shape index (κ1) is 123. The van der Waals surface area contributed by atoms with Crippen molar-refractivity contribution >= 4 is 23.3 Å². The molecule has 1 aromatic heterocycles. The third-order valence-corrected chi connectivity index (χ3v) is 30.8. The van der Waals surface area contributed by atoms with Gasteiger partial charge in [0.1, 0.15) is 0 Å². The van der Waals surface area contributed by atoms with Crippen LogP contribution in [-0.2, 0) is 38.5 Å². The van der Waals surface area contributed by atoms with E-state index in [0.717, 1.165) is 48.4 Å². The van der Waals surface area contributed by atoms with Crippen molar-refractivity contribution in [1.82, 2.24) is 15.0 Å². The topological polar surface area (TPSA) is 62.7 Å². The zero-order valence-corrected chi connectivity index (χ0v) is 91.7. The Kier molecular flexibility index (Phi) is 88.5. The van der Waals surface area contributed by atoms with Gasteiger partial charge in [0, 0.05) is 16.9 Å². The molecule has 2 N–H and O–H groups in total. The average Bonchev–Trinajstić information content (AvgIpc) is 0.804. The smallest absolute Gasteiger partial charge is 0.232 e. The van der Waals surface area contributed by atoms with Gasteiger partial charge in [-0.3, -0.25) is 0 Å². The Bertz CT molecular complexity index is 2760. The van der Waals surface area contributed by atoms with Crippen molar-refractivity contribution in [2.45, 2.75) is 696 Å². The number of hydrogen-bond donors (Lipinski definition) is 2. The SMILES string of the molecule is CCCCCCCCCCCCCCCCCCc1cc(Nc2nc(Nc3cc(CCCCCCCCCCCCCCCCCC)c(CCCCCCCCCCCCCCCCCC)c(CCCCCCCCCCCCCCCCCC)c3)nc(-c3ccccc3)n2)cc(CCCCCCCCCCCCCCCCCC)c1CCCCCCCCCCCCCCCCCC. The minimum absolute atomic E-state index is 0.649. The second-order valence-electron chi connectivity index (χ2n) is 43.8. The van der Waals surface area contributed by atoms with Crippen LogP contribution in [0.5, 0.6) is 0 Å². The van der Waals surface area contributed by atoms with E-state index in [9.17, 15) is 0 Å². The molecule has 0 aliphatic carbocycles. The molecular formula is C129H233N5. The van der Waals surface area contributed by atoms with E-state index in [4.69, 9.17) is 15.0 Å². The minimum Gasteiger partial charge on any atom is -0.324 e. The first-order valence-corrected chi connectivity index (χ1v) is 62.2. The summed E-state index contributed by atoms with van der Waals surface area (Å²) in [5.74, 6) is 2.03. The number of aromatic nitrogens is 3. The highest BCUT2D eigenvalue weighted by Crippen LogP contribution is 2.35. The van der Waals surface area contributed by atoms with E-state index in [0.29, 0.717) is 11.9 Å². The van der Waals surface area contributed by atoms with Crippen LogP contribution in [-0.4, -0.2) is 15.0 Å². The largest absolute Gasteiger partial charge is 0.324 e. The summed E-state index contributed by atoms with van der Waals surface area (Å²) in [7, 11) is 0. The van der Waals surface area contributed by atoms with Crippen LogP contribution in [0, 0.1) is 0 Å². The predicted molar refractivity (Wildman–Crippen MR) is 604 cm³/mol. The van der Waals surface area contributed by atoms with Crippen LogP contribution in [0.15, 0.2) is 54.6 Å². The molecule has 1 heterocycles. The lowest BCUT2D eigenvalue weighted by molar-refractivity contribution is 0.527. The molecule has 0 saturated heterocycles. The van der Waals surface area contributed by atoms with Gasteiger partial charge in [-0.2, -0.15) is 15.0 Å². The van der Waals surface area contributed by atoms with E-state index in [1.165, 1.54) is 629 Å². The molecule has 0 unspecified atom stereocenters. The van der Waals surface area contributed by atoms with Gasteiger partial charge in [0.2, 0.25) is 11.9 Å². The van der Waals surface area contributed by atoms with Gasteiger partial charge in [-0.05, 0) is 135 Å². The quantitative estimate of drug-likeness (QED) is 0.0431. The molecule has 0 spiro atoms. The van der Waals surface area contributed by atoms with Crippen LogP contribution >= 0.6 is 0 Å². The van der Waals surface area contributed by atoms with Crippen molar-refractivity contribution in [3.63, 3.8) is 0 Å². The van der Waals surface area contributed by atoms with Crippen molar-refractivity contribution in [1.29, 1.82) is 0 Å². The van der Waals surface area contributed by atoms with Crippen molar-refractivity contribution < 1.29 is 0 Å².